The van der Waals surface area contributed by atoms with E-state index in [-0.39, 0.29) is 17.0 Å². The summed E-state index contributed by atoms with van der Waals surface area (Å²) in [5.74, 6) is -0.872. The van der Waals surface area contributed by atoms with Crippen molar-refractivity contribution in [2.24, 2.45) is 0 Å². The van der Waals surface area contributed by atoms with Crippen LogP contribution in [-0.2, 0) is 16.4 Å². The maximum Gasteiger partial charge on any atom is 0.255 e. The van der Waals surface area contributed by atoms with Crippen LogP contribution in [-0.4, -0.2) is 32.5 Å². The number of amides is 1. The Labute approximate surface area is 129 Å². The monoisotopic (exact) mass is 321 g/mol. The van der Waals surface area contributed by atoms with Gasteiger partial charge < -0.3 is 4.90 Å². The highest BCUT2D eigenvalue weighted by molar-refractivity contribution is 7.90. The lowest BCUT2D eigenvalue weighted by atomic mass is 10.1. The van der Waals surface area contributed by atoms with E-state index in [0.29, 0.717) is 5.56 Å². The molecule has 0 aliphatic carbocycles. The lowest BCUT2D eigenvalue weighted by molar-refractivity contribution is 0.0780. The molecule has 0 aromatic heterocycles. The second-order valence-corrected chi connectivity index (χ2v) is 7.01. The van der Waals surface area contributed by atoms with Gasteiger partial charge in [0.2, 0.25) is 0 Å². The summed E-state index contributed by atoms with van der Waals surface area (Å²) in [5.41, 5.74) is 0.457. The number of hydrogen-bond acceptors (Lipinski definition) is 3. The number of nitrogens with zero attached hydrogens (tertiary/aromatic N) is 1. The van der Waals surface area contributed by atoms with E-state index in [9.17, 15) is 17.6 Å². The number of carbonyl (C=O) groups excluding carboxylic acids is 1. The predicted octanol–water partition coefficient (Wildman–Crippen LogP) is 2.50. The molecule has 0 atom stereocenters. The van der Waals surface area contributed by atoms with Gasteiger partial charge in [-0.3, -0.25) is 4.79 Å². The molecule has 0 radical (unpaired) electrons. The first-order valence-corrected chi connectivity index (χ1v) is 8.48. The Morgan fingerprint density at radius 2 is 1.68 bits per heavy atom. The van der Waals surface area contributed by atoms with Crippen LogP contribution in [0, 0.1) is 5.82 Å². The van der Waals surface area contributed by atoms with Crippen LogP contribution in [0.4, 0.5) is 4.39 Å². The minimum Gasteiger partial charge on any atom is -0.337 e. The Morgan fingerprint density at radius 3 is 2.32 bits per heavy atom. The molecule has 0 N–H and O–H groups in total. The summed E-state index contributed by atoms with van der Waals surface area (Å²) in [7, 11) is -2.01. The number of hydrogen-bond donors (Lipinski definition) is 0. The standard InChI is InChI=1S/C16H16FNO3S/c1-18(11-12-7-3-5-9-14(12)17)16(19)13-8-4-6-10-15(13)22(2,20)21/h3-10H,11H2,1-2H3. The first-order valence-electron chi connectivity index (χ1n) is 6.58. The molecule has 2 aromatic rings. The van der Waals surface area contributed by atoms with Crippen molar-refractivity contribution in [2.45, 2.75) is 11.4 Å². The quantitative estimate of drug-likeness (QED) is 0.869. The summed E-state index contributed by atoms with van der Waals surface area (Å²) >= 11 is 0. The summed E-state index contributed by atoms with van der Waals surface area (Å²) in [6, 6.07) is 12.2. The lowest BCUT2D eigenvalue weighted by Crippen LogP contribution is -2.28. The summed E-state index contributed by atoms with van der Waals surface area (Å²) < 4.78 is 37.2. The zero-order valence-corrected chi connectivity index (χ0v) is 13.1. The van der Waals surface area contributed by atoms with Crippen LogP contribution in [0.5, 0.6) is 0 Å². The molecule has 0 spiro atoms. The van der Waals surface area contributed by atoms with Crippen LogP contribution in [0.25, 0.3) is 0 Å². The van der Waals surface area contributed by atoms with E-state index in [1.54, 1.807) is 30.3 Å². The van der Waals surface area contributed by atoms with Gasteiger partial charge in [-0.25, -0.2) is 12.8 Å². The molecule has 0 bridgehead atoms. The first-order chi connectivity index (χ1) is 10.3. The fraction of sp³-hybridized carbons (Fsp3) is 0.188. The first kappa shape index (κ1) is 16.2. The van der Waals surface area contributed by atoms with E-state index >= 15 is 0 Å². The third-order valence-electron chi connectivity index (χ3n) is 3.23. The van der Waals surface area contributed by atoms with Crippen molar-refractivity contribution in [3.63, 3.8) is 0 Å². The zero-order valence-electron chi connectivity index (χ0n) is 12.3. The molecule has 0 unspecified atom stereocenters. The van der Waals surface area contributed by atoms with Gasteiger partial charge in [0.1, 0.15) is 5.82 Å². The molecule has 22 heavy (non-hydrogen) atoms. The van der Waals surface area contributed by atoms with Crippen LogP contribution in [0.1, 0.15) is 15.9 Å². The van der Waals surface area contributed by atoms with Crippen molar-refractivity contribution in [3.8, 4) is 0 Å². The average molecular weight is 321 g/mol. The van der Waals surface area contributed by atoms with Gasteiger partial charge in [0, 0.05) is 25.4 Å². The van der Waals surface area contributed by atoms with Crippen molar-refractivity contribution in [1.29, 1.82) is 0 Å². The van der Waals surface area contributed by atoms with Gasteiger partial charge in [-0.2, -0.15) is 0 Å². The lowest BCUT2D eigenvalue weighted by Gasteiger charge is -2.19. The molecule has 1 amide bonds. The Bertz CT molecular complexity index is 803. The van der Waals surface area contributed by atoms with Crippen molar-refractivity contribution < 1.29 is 17.6 Å². The molecule has 2 aromatic carbocycles. The molecule has 116 valence electrons. The van der Waals surface area contributed by atoms with E-state index < -0.39 is 21.6 Å². The Balaban J connectivity index is 2.31. The van der Waals surface area contributed by atoms with Gasteiger partial charge in [-0.05, 0) is 18.2 Å². The zero-order chi connectivity index (χ0) is 16.3. The molecule has 0 aliphatic heterocycles. The van der Waals surface area contributed by atoms with Gasteiger partial charge in [0.05, 0.1) is 10.5 Å². The minimum atomic E-state index is -3.51. The SMILES string of the molecule is CN(Cc1ccccc1F)C(=O)c1ccccc1S(C)(=O)=O. The minimum absolute atomic E-state index is 0.0274. The van der Waals surface area contributed by atoms with Crippen molar-refractivity contribution >= 4 is 15.7 Å². The molecule has 0 aliphatic rings. The predicted molar refractivity (Wildman–Crippen MR) is 81.7 cm³/mol. The van der Waals surface area contributed by atoms with Crippen molar-refractivity contribution in [1.82, 2.24) is 4.90 Å². The van der Waals surface area contributed by atoms with E-state index in [1.807, 2.05) is 0 Å². The van der Waals surface area contributed by atoms with Crippen LogP contribution >= 0.6 is 0 Å². The topological polar surface area (TPSA) is 54.5 Å². The fourth-order valence-corrected chi connectivity index (χ4v) is 3.01. The summed E-state index contributed by atoms with van der Waals surface area (Å²) in [6.45, 7) is 0.0591. The highest BCUT2D eigenvalue weighted by atomic mass is 32.2. The Kier molecular flexibility index (Phi) is 4.61. The third-order valence-corrected chi connectivity index (χ3v) is 4.38. The molecule has 0 fully saturated rings. The van der Waals surface area contributed by atoms with Crippen LogP contribution in [0.15, 0.2) is 53.4 Å². The Morgan fingerprint density at radius 1 is 1.09 bits per heavy atom. The summed E-state index contributed by atoms with van der Waals surface area (Å²) in [4.78, 5) is 13.7. The number of rotatable bonds is 4. The van der Waals surface area contributed by atoms with E-state index in [1.165, 1.54) is 30.1 Å². The normalized spacial score (nSPS) is 11.2. The second kappa shape index (κ2) is 6.27. The molecule has 4 nitrogen and oxygen atoms in total. The van der Waals surface area contributed by atoms with Crippen LogP contribution in [0.2, 0.25) is 0 Å². The number of benzene rings is 2. The van der Waals surface area contributed by atoms with E-state index in [4.69, 9.17) is 0 Å². The average Bonchev–Trinajstić information content (AvgIpc) is 2.48. The summed E-state index contributed by atoms with van der Waals surface area (Å²) in [5, 5.41) is 0. The number of sulfone groups is 1. The maximum atomic E-state index is 13.7. The highest BCUT2D eigenvalue weighted by Gasteiger charge is 2.21. The molecular weight excluding hydrogens is 305 g/mol. The van der Waals surface area contributed by atoms with Gasteiger partial charge in [0.15, 0.2) is 9.84 Å². The van der Waals surface area contributed by atoms with E-state index in [0.717, 1.165) is 6.26 Å². The molecule has 6 heteroatoms. The van der Waals surface area contributed by atoms with E-state index in [2.05, 4.69) is 0 Å². The second-order valence-electron chi connectivity index (χ2n) is 5.02. The maximum absolute atomic E-state index is 13.7. The van der Waals surface area contributed by atoms with Crippen LogP contribution < -0.4 is 0 Å². The highest BCUT2D eigenvalue weighted by Crippen LogP contribution is 2.18. The smallest absolute Gasteiger partial charge is 0.255 e. The fourth-order valence-electron chi connectivity index (χ4n) is 2.13. The molecule has 0 heterocycles. The van der Waals surface area contributed by atoms with Gasteiger partial charge in [-0.15, -0.1) is 0 Å². The van der Waals surface area contributed by atoms with Crippen LogP contribution in [0.3, 0.4) is 0 Å². The van der Waals surface area contributed by atoms with Gasteiger partial charge in [0.25, 0.3) is 5.91 Å². The van der Waals surface area contributed by atoms with Gasteiger partial charge in [-0.1, -0.05) is 30.3 Å². The Hall–Kier alpha value is -2.21. The molecule has 0 saturated heterocycles. The van der Waals surface area contributed by atoms with Gasteiger partial charge >= 0.3 is 0 Å². The molecular formula is C16H16FNO3S. The van der Waals surface area contributed by atoms with Crippen molar-refractivity contribution in [3.05, 3.63) is 65.5 Å². The third kappa shape index (κ3) is 3.51. The molecule has 2 rings (SSSR count). The van der Waals surface area contributed by atoms with Crippen molar-refractivity contribution in [2.75, 3.05) is 13.3 Å². The number of carbonyl (C=O) groups is 1. The molecule has 0 saturated carbocycles. The number of halogens is 1. The summed E-state index contributed by atoms with van der Waals surface area (Å²) in [6.07, 6.45) is 1.05. The largest absolute Gasteiger partial charge is 0.337 e.